The predicted octanol–water partition coefficient (Wildman–Crippen LogP) is 1.62. The molecule has 6 heavy (non-hydrogen) atoms. The third-order valence-corrected chi connectivity index (χ3v) is 0.408. The summed E-state index contributed by atoms with van der Waals surface area (Å²) in [7, 11) is 0. The van der Waals surface area contributed by atoms with Crippen LogP contribution in [-0.2, 0) is 4.74 Å². The molecule has 0 saturated heterocycles. The van der Waals surface area contributed by atoms with Crippen LogP contribution < -0.4 is 0 Å². The summed E-state index contributed by atoms with van der Waals surface area (Å²) in [6.45, 7) is 5.67. The molecule has 0 rings (SSSR count). The lowest BCUT2D eigenvalue weighted by atomic mass is 10.8. The lowest BCUT2D eigenvalue weighted by molar-refractivity contribution is 0.162. The summed E-state index contributed by atoms with van der Waals surface area (Å²) in [5.41, 5.74) is 0. The molecule has 0 aliphatic heterocycles. The standard InChI is InChI=1S/C4H10O.BrH/c1-3-5-4-2;/h3-4H2,1-2H3;1H. The van der Waals surface area contributed by atoms with Crippen LogP contribution in [0.25, 0.3) is 0 Å². The molecule has 0 aromatic carbocycles. The fraction of sp³-hybridized carbons (Fsp3) is 1.00. The van der Waals surface area contributed by atoms with Gasteiger partial charge in [-0.3, -0.25) is 0 Å². The molecule has 0 unspecified atom stereocenters. The van der Waals surface area contributed by atoms with E-state index < -0.39 is 0 Å². The number of hydrogen-bond acceptors (Lipinski definition) is 1. The van der Waals surface area contributed by atoms with Crippen molar-refractivity contribution in [1.29, 1.82) is 0 Å². The quantitative estimate of drug-likeness (QED) is 0.588. The van der Waals surface area contributed by atoms with Crippen LogP contribution in [0, 0.1) is 0 Å². The van der Waals surface area contributed by atoms with Gasteiger partial charge in [-0.05, 0) is 13.8 Å². The summed E-state index contributed by atoms with van der Waals surface area (Å²) < 4.78 is 4.83. The van der Waals surface area contributed by atoms with E-state index in [0.29, 0.717) is 0 Å². The Hall–Kier alpha value is 0.440. The van der Waals surface area contributed by atoms with Crippen molar-refractivity contribution in [2.24, 2.45) is 0 Å². The summed E-state index contributed by atoms with van der Waals surface area (Å²) in [4.78, 5) is 0. The molecule has 0 saturated carbocycles. The van der Waals surface area contributed by atoms with Gasteiger partial charge >= 0.3 is 0 Å². The van der Waals surface area contributed by atoms with E-state index in [1.807, 2.05) is 13.8 Å². The lowest BCUT2D eigenvalue weighted by Gasteiger charge is -1.86. The van der Waals surface area contributed by atoms with Crippen LogP contribution in [0.5, 0.6) is 0 Å². The Labute approximate surface area is 49.5 Å². The van der Waals surface area contributed by atoms with Crippen molar-refractivity contribution in [2.75, 3.05) is 13.2 Å². The van der Waals surface area contributed by atoms with Gasteiger partial charge in [-0.2, -0.15) is 0 Å². The minimum Gasteiger partial charge on any atom is -0.382 e. The van der Waals surface area contributed by atoms with Crippen molar-refractivity contribution in [1.82, 2.24) is 0 Å². The number of hydrogen-bond donors (Lipinski definition) is 0. The molecular formula is C4H11BrO. The summed E-state index contributed by atoms with van der Waals surface area (Å²) >= 11 is 0. The Morgan fingerprint density at radius 3 is 1.50 bits per heavy atom. The van der Waals surface area contributed by atoms with Gasteiger partial charge in [-0.25, -0.2) is 0 Å². The average Bonchev–Trinajstić information content (AvgIpc) is 1.41. The normalized spacial score (nSPS) is 7.00. The van der Waals surface area contributed by atoms with Crippen LogP contribution in [0.4, 0.5) is 0 Å². The largest absolute Gasteiger partial charge is 0.382 e. The van der Waals surface area contributed by atoms with E-state index >= 15 is 0 Å². The minimum absolute atomic E-state index is 0. The molecule has 0 aliphatic carbocycles. The van der Waals surface area contributed by atoms with Gasteiger partial charge in [-0.1, -0.05) is 0 Å². The zero-order valence-corrected chi connectivity index (χ0v) is 5.94. The lowest BCUT2D eigenvalue weighted by Crippen LogP contribution is -1.84. The van der Waals surface area contributed by atoms with Gasteiger partial charge in [0.25, 0.3) is 0 Å². The fourth-order valence-electron chi connectivity index (χ4n) is 0.204. The Bertz CT molecular complexity index is 15.0. The molecule has 1 nitrogen and oxygen atoms in total. The Morgan fingerprint density at radius 1 is 1.17 bits per heavy atom. The molecule has 0 aromatic heterocycles. The van der Waals surface area contributed by atoms with Crippen molar-refractivity contribution < 1.29 is 4.74 Å². The van der Waals surface area contributed by atoms with Gasteiger partial charge in [0.05, 0.1) is 0 Å². The van der Waals surface area contributed by atoms with Gasteiger partial charge in [0.1, 0.15) is 0 Å². The van der Waals surface area contributed by atoms with E-state index in [0.717, 1.165) is 13.2 Å². The SMILES string of the molecule is Br.CCOCC. The molecule has 0 amide bonds. The van der Waals surface area contributed by atoms with E-state index in [-0.39, 0.29) is 17.0 Å². The van der Waals surface area contributed by atoms with Crippen LogP contribution in [0.3, 0.4) is 0 Å². The topological polar surface area (TPSA) is 9.23 Å². The molecule has 0 aromatic rings. The molecule has 0 aliphatic rings. The summed E-state index contributed by atoms with van der Waals surface area (Å²) in [6, 6.07) is 0. The highest BCUT2D eigenvalue weighted by atomic mass is 79.9. The second-order valence-electron chi connectivity index (χ2n) is 0.781. The van der Waals surface area contributed by atoms with Crippen LogP contribution in [0.15, 0.2) is 0 Å². The highest BCUT2D eigenvalue weighted by molar-refractivity contribution is 8.93. The van der Waals surface area contributed by atoms with E-state index in [4.69, 9.17) is 4.74 Å². The zero-order chi connectivity index (χ0) is 4.12. The van der Waals surface area contributed by atoms with Crippen molar-refractivity contribution in [3.8, 4) is 0 Å². The molecule has 0 radical (unpaired) electrons. The predicted molar refractivity (Wildman–Crippen MR) is 32.5 cm³/mol. The van der Waals surface area contributed by atoms with E-state index in [1.165, 1.54) is 0 Å². The van der Waals surface area contributed by atoms with Gasteiger partial charge in [-0.15, -0.1) is 17.0 Å². The molecular weight excluding hydrogens is 144 g/mol. The van der Waals surface area contributed by atoms with Crippen molar-refractivity contribution in [3.05, 3.63) is 0 Å². The van der Waals surface area contributed by atoms with Gasteiger partial charge < -0.3 is 4.74 Å². The summed E-state index contributed by atoms with van der Waals surface area (Å²) in [6.07, 6.45) is 0. The summed E-state index contributed by atoms with van der Waals surface area (Å²) in [5.74, 6) is 0. The van der Waals surface area contributed by atoms with Gasteiger partial charge in [0, 0.05) is 13.2 Å². The van der Waals surface area contributed by atoms with Crippen LogP contribution in [0.2, 0.25) is 0 Å². The van der Waals surface area contributed by atoms with Crippen molar-refractivity contribution >= 4 is 17.0 Å². The maximum Gasteiger partial charge on any atom is 0.0437 e. The fourth-order valence-corrected chi connectivity index (χ4v) is 0.204. The number of halogens is 1. The third-order valence-electron chi connectivity index (χ3n) is 0.408. The van der Waals surface area contributed by atoms with E-state index in [2.05, 4.69) is 0 Å². The molecule has 40 valence electrons. The first-order chi connectivity index (χ1) is 2.41. The zero-order valence-electron chi connectivity index (χ0n) is 4.23. The Balaban J connectivity index is 0. The molecule has 0 N–H and O–H groups in total. The van der Waals surface area contributed by atoms with Crippen LogP contribution >= 0.6 is 17.0 Å². The second kappa shape index (κ2) is 9.06. The van der Waals surface area contributed by atoms with Crippen LogP contribution in [-0.4, -0.2) is 13.2 Å². The van der Waals surface area contributed by atoms with Crippen molar-refractivity contribution in [3.63, 3.8) is 0 Å². The van der Waals surface area contributed by atoms with Crippen molar-refractivity contribution in [2.45, 2.75) is 13.8 Å². The minimum atomic E-state index is 0. The van der Waals surface area contributed by atoms with Crippen LogP contribution in [0.1, 0.15) is 13.8 Å². The second-order valence-corrected chi connectivity index (χ2v) is 0.781. The monoisotopic (exact) mass is 154 g/mol. The Kier molecular flexibility index (Phi) is 14.6. The number of rotatable bonds is 2. The molecule has 0 atom stereocenters. The first-order valence-electron chi connectivity index (χ1n) is 1.99. The number of ether oxygens (including phenoxy) is 1. The molecule has 0 bridgehead atoms. The molecule has 0 fully saturated rings. The molecule has 0 heterocycles. The van der Waals surface area contributed by atoms with Gasteiger partial charge in [0.15, 0.2) is 0 Å². The Morgan fingerprint density at radius 2 is 1.50 bits per heavy atom. The molecule has 2 heteroatoms. The maximum atomic E-state index is 4.83. The highest BCUT2D eigenvalue weighted by Crippen LogP contribution is 1.64. The van der Waals surface area contributed by atoms with E-state index in [9.17, 15) is 0 Å². The smallest absolute Gasteiger partial charge is 0.0437 e. The average molecular weight is 155 g/mol. The third kappa shape index (κ3) is 8.83. The highest BCUT2D eigenvalue weighted by Gasteiger charge is 1.64. The first kappa shape index (κ1) is 9.67. The maximum absolute atomic E-state index is 4.83. The molecule has 0 spiro atoms. The summed E-state index contributed by atoms with van der Waals surface area (Å²) in [5, 5.41) is 0. The van der Waals surface area contributed by atoms with Gasteiger partial charge in [0.2, 0.25) is 0 Å². The van der Waals surface area contributed by atoms with E-state index in [1.54, 1.807) is 0 Å². The first-order valence-corrected chi connectivity index (χ1v) is 1.99.